The Balaban J connectivity index is 1.91. The highest BCUT2D eigenvalue weighted by atomic mass is 16.2. The van der Waals surface area contributed by atoms with Crippen LogP contribution in [0.1, 0.15) is 28.9 Å². The highest BCUT2D eigenvalue weighted by Crippen LogP contribution is 2.21. The number of rotatable bonds is 3. The number of hydrogen-bond acceptors (Lipinski definition) is 3. The standard InChI is InChI=1S/C16H16N4O/c1-12(13-7-4-3-5-8-13)19(2)16(21)14-11-18-20-10-6-9-17-15(14)20/h3-12H,1-2H3/t12-/m0/s1. The van der Waals surface area contributed by atoms with Crippen molar-refractivity contribution >= 4 is 11.6 Å². The lowest BCUT2D eigenvalue weighted by Crippen LogP contribution is -2.29. The maximum atomic E-state index is 12.7. The van der Waals surface area contributed by atoms with Gasteiger partial charge < -0.3 is 4.90 Å². The van der Waals surface area contributed by atoms with Gasteiger partial charge in [-0.2, -0.15) is 5.10 Å². The monoisotopic (exact) mass is 280 g/mol. The van der Waals surface area contributed by atoms with Crippen molar-refractivity contribution in [2.45, 2.75) is 13.0 Å². The first-order valence-electron chi connectivity index (χ1n) is 6.79. The summed E-state index contributed by atoms with van der Waals surface area (Å²) in [6.07, 6.45) is 5.01. The Labute approximate surface area is 122 Å². The van der Waals surface area contributed by atoms with Crippen LogP contribution in [0.3, 0.4) is 0 Å². The normalized spacial score (nSPS) is 12.3. The van der Waals surface area contributed by atoms with Crippen LogP contribution in [0.15, 0.2) is 55.0 Å². The Bertz CT molecular complexity index is 766. The lowest BCUT2D eigenvalue weighted by molar-refractivity contribution is 0.0744. The molecule has 3 aromatic rings. The van der Waals surface area contributed by atoms with Gasteiger partial charge in [0.05, 0.1) is 12.2 Å². The molecule has 106 valence electrons. The van der Waals surface area contributed by atoms with Gasteiger partial charge in [-0.3, -0.25) is 4.79 Å². The minimum absolute atomic E-state index is 0.0163. The number of benzene rings is 1. The molecule has 0 aliphatic rings. The van der Waals surface area contributed by atoms with Crippen LogP contribution in [-0.2, 0) is 0 Å². The highest BCUT2D eigenvalue weighted by molar-refractivity contribution is 5.99. The average Bonchev–Trinajstić information content (AvgIpc) is 2.97. The van der Waals surface area contributed by atoms with Gasteiger partial charge in [-0.1, -0.05) is 30.3 Å². The number of aromatic nitrogens is 3. The van der Waals surface area contributed by atoms with Crippen molar-refractivity contribution in [1.82, 2.24) is 19.5 Å². The smallest absolute Gasteiger partial charge is 0.259 e. The van der Waals surface area contributed by atoms with Gasteiger partial charge in [0.25, 0.3) is 5.91 Å². The van der Waals surface area contributed by atoms with Crippen LogP contribution in [0.25, 0.3) is 5.65 Å². The number of carbonyl (C=O) groups is 1. The lowest BCUT2D eigenvalue weighted by atomic mass is 10.1. The zero-order valence-electron chi connectivity index (χ0n) is 12.0. The van der Waals surface area contributed by atoms with Crippen molar-refractivity contribution in [3.05, 3.63) is 66.1 Å². The van der Waals surface area contributed by atoms with Gasteiger partial charge in [0.15, 0.2) is 5.65 Å². The maximum Gasteiger partial charge on any atom is 0.259 e. The quantitative estimate of drug-likeness (QED) is 0.741. The van der Waals surface area contributed by atoms with E-state index in [-0.39, 0.29) is 11.9 Å². The second-order valence-electron chi connectivity index (χ2n) is 4.95. The molecule has 0 unspecified atom stereocenters. The fraction of sp³-hybridized carbons (Fsp3) is 0.188. The van der Waals surface area contributed by atoms with Gasteiger partial charge in [-0.05, 0) is 18.6 Å². The molecule has 5 nitrogen and oxygen atoms in total. The molecule has 21 heavy (non-hydrogen) atoms. The van der Waals surface area contributed by atoms with E-state index < -0.39 is 0 Å². The van der Waals surface area contributed by atoms with E-state index in [0.29, 0.717) is 11.2 Å². The van der Waals surface area contributed by atoms with Crippen molar-refractivity contribution in [3.8, 4) is 0 Å². The molecule has 0 aliphatic heterocycles. The summed E-state index contributed by atoms with van der Waals surface area (Å²) in [6, 6.07) is 11.7. The van der Waals surface area contributed by atoms with E-state index in [1.165, 1.54) is 0 Å². The molecule has 0 N–H and O–H groups in total. The van der Waals surface area contributed by atoms with E-state index >= 15 is 0 Å². The number of amides is 1. The summed E-state index contributed by atoms with van der Waals surface area (Å²) < 4.78 is 1.61. The predicted molar refractivity (Wildman–Crippen MR) is 79.9 cm³/mol. The number of fused-ring (bicyclic) bond motifs is 1. The first-order valence-corrected chi connectivity index (χ1v) is 6.79. The number of carbonyl (C=O) groups excluding carboxylic acids is 1. The predicted octanol–water partition coefficient (Wildman–Crippen LogP) is 2.56. The third kappa shape index (κ3) is 2.38. The van der Waals surface area contributed by atoms with Crippen molar-refractivity contribution in [1.29, 1.82) is 0 Å². The Morgan fingerprint density at radius 2 is 2.00 bits per heavy atom. The van der Waals surface area contributed by atoms with Gasteiger partial charge in [0.2, 0.25) is 0 Å². The minimum Gasteiger partial charge on any atom is -0.335 e. The third-order valence-electron chi connectivity index (χ3n) is 3.69. The summed E-state index contributed by atoms with van der Waals surface area (Å²) in [5.74, 6) is -0.0833. The van der Waals surface area contributed by atoms with Crippen LogP contribution in [0.4, 0.5) is 0 Å². The van der Waals surface area contributed by atoms with E-state index in [9.17, 15) is 4.79 Å². The largest absolute Gasteiger partial charge is 0.335 e. The molecule has 0 fully saturated rings. The molecule has 3 rings (SSSR count). The fourth-order valence-corrected chi connectivity index (χ4v) is 2.30. The zero-order valence-corrected chi connectivity index (χ0v) is 12.0. The first kappa shape index (κ1) is 13.3. The van der Waals surface area contributed by atoms with E-state index in [4.69, 9.17) is 0 Å². The SMILES string of the molecule is C[C@@H](c1ccccc1)N(C)C(=O)c1cnn2cccnc12. The van der Waals surface area contributed by atoms with Gasteiger partial charge in [-0.25, -0.2) is 9.50 Å². The van der Waals surface area contributed by atoms with Gasteiger partial charge in [0, 0.05) is 19.4 Å². The van der Waals surface area contributed by atoms with Crippen LogP contribution in [-0.4, -0.2) is 32.5 Å². The topological polar surface area (TPSA) is 50.5 Å². The summed E-state index contributed by atoms with van der Waals surface area (Å²) in [4.78, 5) is 18.6. The van der Waals surface area contributed by atoms with Crippen LogP contribution < -0.4 is 0 Å². The molecule has 1 amide bonds. The molecule has 0 saturated carbocycles. The molecule has 0 radical (unpaired) electrons. The Morgan fingerprint density at radius 3 is 2.76 bits per heavy atom. The molecule has 0 spiro atoms. The van der Waals surface area contributed by atoms with Crippen molar-refractivity contribution in [2.75, 3.05) is 7.05 Å². The summed E-state index contributed by atoms with van der Waals surface area (Å²) in [5, 5.41) is 4.16. The van der Waals surface area contributed by atoms with Gasteiger partial charge >= 0.3 is 0 Å². The molecule has 1 atom stereocenters. The summed E-state index contributed by atoms with van der Waals surface area (Å²) in [5.41, 5.74) is 2.19. The molecular weight excluding hydrogens is 264 g/mol. The first-order chi connectivity index (χ1) is 10.2. The van der Waals surface area contributed by atoms with E-state index in [2.05, 4.69) is 10.1 Å². The third-order valence-corrected chi connectivity index (χ3v) is 3.69. The maximum absolute atomic E-state index is 12.7. The van der Waals surface area contributed by atoms with Crippen molar-refractivity contribution in [3.63, 3.8) is 0 Å². The summed E-state index contributed by atoms with van der Waals surface area (Å²) in [7, 11) is 1.80. The Morgan fingerprint density at radius 1 is 1.24 bits per heavy atom. The molecule has 2 aromatic heterocycles. The highest BCUT2D eigenvalue weighted by Gasteiger charge is 2.22. The fourth-order valence-electron chi connectivity index (χ4n) is 2.30. The second kappa shape index (κ2) is 5.36. The Kier molecular flexibility index (Phi) is 3.39. The second-order valence-corrected chi connectivity index (χ2v) is 4.95. The molecule has 0 aliphatic carbocycles. The summed E-state index contributed by atoms with van der Waals surface area (Å²) in [6.45, 7) is 2.01. The van der Waals surface area contributed by atoms with Gasteiger partial charge in [0.1, 0.15) is 5.56 Å². The molecule has 2 heterocycles. The van der Waals surface area contributed by atoms with Crippen molar-refractivity contribution < 1.29 is 4.79 Å². The van der Waals surface area contributed by atoms with Crippen molar-refractivity contribution in [2.24, 2.45) is 0 Å². The van der Waals surface area contributed by atoms with E-state index in [1.54, 1.807) is 41.1 Å². The Hall–Kier alpha value is -2.69. The summed E-state index contributed by atoms with van der Waals surface area (Å²) >= 11 is 0. The van der Waals surface area contributed by atoms with E-state index in [1.807, 2.05) is 37.3 Å². The van der Waals surface area contributed by atoms with Crippen LogP contribution >= 0.6 is 0 Å². The molecule has 0 bridgehead atoms. The minimum atomic E-state index is -0.0833. The zero-order chi connectivity index (χ0) is 14.8. The molecule has 0 saturated heterocycles. The lowest BCUT2D eigenvalue weighted by Gasteiger charge is -2.24. The number of nitrogens with zero attached hydrogens (tertiary/aromatic N) is 4. The molecular formula is C16H16N4O. The van der Waals surface area contributed by atoms with Gasteiger partial charge in [-0.15, -0.1) is 0 Å². The molecule has 1 aromatic carbocycles. The van der Waals surface area contributed by atoms with Crippen LogP contribution in [0.2, 0.25) is 0 Å². The van der Waals surface area contributed by atoms with E-state index in [0.717, 1.165) is 5.56 Å². The van der Waals surface area contributed by atoms with Crippen LogP contribution in [0.5, 0.6) is 0 Å². The number of hydrogen-bond donors (Lipinski definition) is 0. The van der Waals surface area contributed by atoms with Crippen LogP contribution in [0, 0.1) is 0 Å². The molecule has 5 heteroatoms. The average molecular weight is 280 g/mol.